The van der Waals surface area contributed by atoms with Gasteiger partial charge < -0.3 is 4.98 Å². The summed E-state index contributed by atoms with van der Waals surface area (Å²) in [7, 11) is 0. The van der Waals surface area contributed by atoms with E-state index in [2.05, 4.69) is 25.1 Å². The van der Waals surface area contributed by atoms with E-state index in [1.54, 1.807) is 0 Å². The highest BCUT2D eigenvalue weighted by molar-refractivity contribution is 7.99. The van der Waals surface area contributed by atoms with Crippen LogP contribution in [0.15, 0.2) is 21.0 Å². The maximum atomic E-state index is 11.5. The number of aromatic nitrogens is 5. The van der Waals surface area contributed by atoms with E-state index in [-0.39, 0.29) is 16.0 Å². The molecule has 0 unspecified atom stereocenters. The average Bonchev–Trinajstić information content (AvgIpc) is 2.33. The molecule has 19 heavy (non-hydrogen) atoms. The Kier molecular flexibility index (Phi) is 4.73. The van der Waals surface area contributed by atoms with Crippen molar-refractivity contribution in [3.05, 3.63) is 32.6 Å². The Bertz CT molecular complexity index is 648. The molecule has 0 aliphatic heterocycles. The Morgan fingerprint density at radius 2 is 2.11 bits per heavy atom. The summed E-state index contributed by atoms with van der Waals surface area (Å²) in [4.78, 5) is 22.4. The van der Waals surface area contributed by atoms with Crippen molar-refractivity contribution < 1.29 is 0 Å². The number of hydrogen-bond acceptors (Lipinski definition) is 6. The first-order valence-electron chi connectivity index (χ1n) is 5.42. The summed E-state index contributed by atoms with van der Waals surface area (Å²) in [6.45, 7) is 2.01. The van der Waals surface area contributed by atoms with Crippen LogP contribution in [-0.2, 0) is 6.42 Å². The summed E-state index contributed by atoms with van der Waals surface area (Å²) in [6, 6.07) is 1.47. The molecule has 0 bridgehead atoms. The molecule has 0 saturated heterocycles. The maximum absolute atomic E-state index is 11.5. The number of rotatable bonds is 4. The zero-order chi connectivity index (χ0) is 13.8. The molecular weight excluding hydrogens is 309 g/mol. The van der Waals surface area contributed by atoms with Crippen molar-refractivity contribution in [2.75, 3.05) is 0 Å². The van der Waals surface area contributed by atoms with Gasteiger partial charge in [0.05, 0.1) is 0 Å². The van der Waals surface area contributed by atoms with Crippen molar-refractivity contribution in [2.45, 2.75) is 29.9 Å². The molecule has 0 spiro atoms. The minimum Gasteiger partial charge on any atom is -0.301 e. The van der Waals surface area contributed by atoms with E-state index in [1.807, 2.05) is 6.92 Å². The molecule has 2 rings (SSSR count). The number of nitrogens with zero attached hydrogens (tertiary/aromatic N) is 4. The smallest absolute Gasteiger partial charge is 0.251 e. The van der Waals surface area contributed by atoms with E-state index >= 15 is 0 Å². The molecule has 100 valence electrons. The van der Waals surface area contributed by atoms with E-state index in [0.29, 0.717) is 10.2 Å². The lowest BCUT2D eigenvalue weighted by atomic mass is 10.2. The minimum atomic E-state index is -0.217. The predicted octanol–water partition coefficient (Wildman–Crippen LogP) is 2.37. The number of H-pyrrole nitrogens is 1. The van der Waals surface area contributed by atoms with Crippen molar-refractivity contribution in [1.82, 2.24) is 25.1 Å². The van der Waals surface area contributed by atoms with Gasteiger partial charge in [-0.3, -0.25) is 4.79 Å². The number of aryl methyl sites for hydroxylation is 1. The predicted molar refractivity (Wildman–Crippen MR) is 72.8 cm³/mol. The summed E-state index contributed by atoms with van der Waals surface area (Å²) < 4.78 is 0. The molecule has 9 heteroatoms. The number of nitrogens with one attached hydrogen (secondary N) is 1. The summed E-state index contributed by atoms with van der Waals surface area (Å²) in [5.74, 6) is 0. The molecule has 2 aromatic heterocycles. The minimum absolute atomic E-state index is 0.0149. The van der Waals surface area contributed by atoms with E-state index in [0.717, 1.165) is 30.3 Å². The fourth-order valence-corrected chi connectivity index (χ4v) is 2.48. The van der Waals surface area contributed by atoms with E-state index < -0.39 is 0 Å². The van der Waals surface area contributed by atoms with Crippen molar-refractivity contribution >= 4 is 35.0 Å². The standard InChI is InChI=1S/C10H9Cl2N5OS/c1-2-3-5-4-6(18)14-10(13-5)19-8-7(11)16-17-9(12)15-8/h4H,2-3H2,1H3,(H,13,14,18). The molecule has 0 atom stereocenters. The number of hydrogen-bond donors (Lipinski definition) is 1. The molecule has 0 aromatic carbocycles. The molecule has 0 fully saturated rings. The van der Waals surface area contributed by atoms with Crippen LogP contribution in [0.2, 0.25) is 10.4 Å². The van der Waals surface area contributed by atoms with Crippen molar-refractivity contribution in [3.63, 3.8) is 0 Å². The van der Waals surface area contributed by atoms with Crippen molar-refractivity contribution in [3.8, 4) is 0 Å². The number of aromatic amines is 1. The van der Waals surface area contributed by atoms with Gasteiger partial charge in [0, 0.05) is 11.8 Å². The fraction of sp³-hybridized carbons (Fsp3) is 0.300. The van der Waals surface area contributed by atoms with Crippen LogP contribution in [-0.4, -0.2) is 25.1 Å². The summed E-state index contributed by atoms with van der Waals surface area (Å²) in [5.41, 5.74) is 0.503. The highest BCUT2D eigenvalue weighted by atomic mass is 35.5. The molecule has 0 amide bonds. The van der Waals surface area contributed by atoms with Gasteiger partial charge in [0.2, 0.25) is 5.28 Å². The summed E-state index contributed by atoms with van der Waals surface area (Å²) in [6.07, 6.45) is 1.64. The second-order valence-corrected chi connectivity index (χ2v) is 5.24. The normalized spacial score (nSPS) is 10.7. The van der Waals surface area contributed by atoms with Crippen LogP contribution in [0.1, 0.15) is 19.0 Å². The van der Waals surface area contributed by atoms with Crippen LogP contribution in [0.3, 0.4) is 0 Å². The Balaban J connectivity index is 2.32. The molecule has 2 aromatic rings. The van der Waals surface area contributed by atoms with E-state index in [4.69, 9.17) is 23.2 Å². The molecule has 1 N–H and O–H groups in total. The largest absolute Gasteiger partial charge is 0.301 e. The second-order valence-electron chi connectivity index (χ2n) is 3.57. The zero-order valence-corrected chi connectivity index (χ0v) is 12.2. The SMILES string of the molecule is CCCc1cc(=O)[nH]c(Sc2nc(Cl)nnc2Cl)n1. The van der Waals surface area contributed by atoms with Crippen LogP contribution in [0.5, 0.6) is 0 Å². The van der Waals surface area contributed by atoms with Gasteiger partial charge in [-0.2, -0.15) is 0 Å². The molecule has 6 nitrogen and oxygen atoms in total. The highest BCUT2D eigenvalue weighted by Crippen LogP contribution is 2.27. The Morgan fingerprint density at radius 3 is 2.84 bits per heavy atom. The molecule has 2 heterocycles. The van der Waals surface area contributed by atoms with Gasteiger partial charge in [0.25, 0.3) is 5.56 Å². The van der Waals surface area contributed by atoms with Crippen LogP contribution >= 0.6 is 35.0 Å². The van der Waals surface area contributed by atoms with Crippen LogP contribution in [0, 0.1) is 0 Å². The lowest BCUT2D eigenvalue weighted by Crippen LogP contribution is -2.10. The lowest BCUT2D eigenvalue weighted by molar-refractivity contribution is 0.813. The number of halogens is 2. The van der Waals surface area contributed by atoms with Gasteiger partial charge in [0.1, 0.15) is 5.03 Å². The molecule has 0 radical (unpaired) electrons. The van der Waals surface area contributed by atoms with Gasteiger partial charge in [-0.05, 0) is 29.8 Å². The van der Waals surface area contributed by atoms with Gasteiger partial charge in [-0.25, -0.2) is 9.97 Å². The van der Waals surface area contributed by atoms with Gasteiger partial charge in [-0.1, -0.05) is 24.9 Å². The lowest BCUT2D eigenvalue weighted by Gasteiger charge is -2.03. The second kappa shape index (κ2) is 6.31. The molecular formula is C10H9Cl2N5OS. The first-order chi connectivity index (χ1) is 9.08. The van der Waals surface area contributed by atoms with Crippen LogP contribution in [0.25, 0.3) is 0 Å². The maximum Gasteiger partial charge on any atom is 0.251 e. The molecule has 0 aliphatic carbocycles. The first kappa shape index (κ1) is 14.2. The highest BCUT2D eigenvalue weighted by Gasteiger charge is 2.10. The summed E-state index contributed by atoms with van der Waals surface area (Å²) in [5, 5.41) is 7.99. The molecule has 0 aliphatic rings. The monoisotopic (exact) mass is 317 g/mol. The third-order valence-corrected chi connectivity index (χ3v) is 3.45. The Morgan fingerprint density at radius 1 is 1.32 bits per heavy atom. The average molecular weight is 318 g/mol. The van der Waals surface area contributed by atoms with Gasteiger partial charge in [-0.15, -0.1) is 10.2 Å². The topological polar surface area (TPSA) is 84.4 Å². The fourth-order valence-electron chi connectivity index (χ4n) is 1.35. The summed E-state index contributed by atoms with van der Waals surface area (Å²) >= 11 is 12.6. The zero-order valence-electron chi connectivity index (χ0n) is 9.85. The van der Waals surface area contributed by atoms with Gasteiger partial charge in [0.15, 0.2) is 10.3 Å². The third-order valence-electron chi connectivity index (χ3n) is 2.06. The third kappa shape index (κ3) is 3.89. The Hall–Kier alpha value is -1.18. The van der Waals surface area contributed by atoms with Crippen LogP contribution < -0.4 is 5.56 Å². The van der Waals surface area contributed by atoms with Crippen molar-refractivity contribution in [2.24, 2.45) is 0 Å². The Labute approximate surface area is 123 Å². The van der Waals surface area contributed by atoms with Gasteiger partial charge >= 0.3 is 0 Å². The van der Waals surface area contributed by atoms with E-state index in [1.165, 1.54) is 6.07 Å². The molecule has 0 saturated carbocycles. The van der Waals surface area contributed by atoms with E-state index in [9.17, 15) is 4.79 Å². The quantitative estimate of drug-likeness (QED) is 0.871. The van der Waals surface area contributed by atoms with Crippen molar-refractivity contribution in [1.29, 1.82) is 0 Å². The first-order valence-corrected chi connectivity index (χ1v) is 6.99. The van der Waals surface area contributed by atoms with Crippen LogP contribution in [0.4, 0.5) is 0 Å².